The Morgan fingerprint density at radius 3 is 2.76 bits per heavy atom. The summed E-state index contributed by atoms with van der Waals surface area (Å²) < 4.78 is 15.3. The Bertz CT molecular complexity index is 1090. The van der Waals surface area contributed by atoms with Crippen molar-refractivity contribution in [2.24, 2.45) is 0 Å². The van der Waals surface area contributed by atoms with E-state index in [-0.39, 0.29) is 17.8 Å². The van der Waals surface area contributed by atoms with E-state index in [0.29, 0.717) is 12.0 Å². The first-order chi connectivity index (χ1) is 13.9. The molecule has 29 heavy (non-hydrogen) atoms. The lowest BCUT2D eigenvalue weighted by Crippen LogP contribution is -2.28. The summed E-state index contributed by atoms with van der Waals surface area (Å²) >= 11 is 0. The fraction of sp³-hybridized carbons (Fsp3) is 0.261. The van der Waals surface area contributed by atoms with E-state index < -0.39 is 0 Å². The number of rotatable bonds is 6. The Morgan fingerprint density at radius 2 is 2.07 bits per heavy atom. The van der Waals surface area contributed by atoms with Crippen molar-refractivity contribution in [1.82, 2.24) is 19.9 Å². The summed E-state index contributed by atoms with van der Waals surface area (Å²) in [7, 11) is 0. The number of benzene rings is 1. The normalized spacial score (nSPS) is 12.7. The number of hydrogen-bond acceptors (Lipinski definition) is 3. The van der Waals surface area contributed by atoms with E-state index >= 15 is 0 Å². The monoisotopic (exact) mass is 392 g/mol. The van der Waals surface area contributed by atoms with Gasteiger partial charge in [-0.15, -0.1) is 0 Å². The van der Waals surface area contributed by atoms with Crippen LogP contribution in [0.3, 0.4) is 0 Å². The smallest absolute Gasteiger partial charge is 0.247 e. The largest absolute Gasteiger partial charge is 0.346 e. The van der Waals surface area contributed by atoms with Crippen molar-refractivity contribution in [3.05, 3.63) is 83.1 Å². The number of nitrogens with zero attached hydrogens (tertiary/aromatic N) is 3. The number of hydrogen-bond donors (Lipinski definition) is 1. The van der Waals surface area contributed by atoms with Crippen molar-refractivity contribution in [3.8, 4) is 0 Å². The molecule has 1 N–H and O–H groups in total. The molecule has 2 aromatic heterocycles. The summed E-state index contributed by atoms with van der Waals surface area (Å²) in [6.07, 6.45) is 5.92. The minimum Gasteiger partial charge on any atom is -0.346 e. The van der Waals surface area contributed by atoms with Crippen LogP contribution < -0.4 is 5.32 Å². The molecule has 0 fully saturated rings. The van der Waals surface area contributed by atoms with E-state index in [4.69, 9.17) is 0 Å². The molecule has 0 saturated carbocycles. The minimum atomic E-state index is -0.318. The maximum absolute atomic E-state index is 13.5. The highest BCUT2D eigenvalue weighted by atomic mass is 19.1. The van der Waals surface area contributed by atoms with Crippen molar-refractivity contribution in [3.63, 3.8) is 0 Å². The van der Waals surface area contributed by atoms with Crippen molar-refractivity contribution < 1.29 is 9.18 Å². The van der Waals surface area contributed by atoms with Crippen LogP contribution in [-0.2, 0) is 4.79 Å². The summed E-state index contributed by atoms with van der Waals surface area (Å²) in [4.78, 5) is 17.3. The predicted octanol–water partition coefficient (Wildman–Crippen LogP) is 4.88. The van der Waals surface area contributed by atoms with Gasteiger partial charge in [-0.2, -0.15) is 5.10 Å². The summed E-state index contributed by atoms with van der Waals surface area (Å²) in [5.41, 5.74) is 4.89. The van der Waals surface area contributed by atoms with Crippen LogP contribution >= 0.6 is 0 Å². The molecule has 5 nitrogen and oxygen atoms in total. The maximum atomic E-state index is 13.5. The number of fused-ring (bicyclic) bond motifs is 1. The average Bonchev–Trinajstić information content (AvgIpc) is 3.12. The van der Waals surface area contributed by atoms with Gasteiger partial charge in [0.05, 0.1) is 17.9 Å². The third-order valence-corrected chi connectivity index (χ3v) is 4.78. The number of imidazole rings is 1. The molecule has 3 aromatic rings. The SMILES string of the molecule is CC/C(=C\C(=C(C)C)c1cnc2cccnn12)C(=O)N[C@@H](C)c1cccc(F)c1. The molecule has 3 rings (SSSR count). The molecule has 0 radical (unpaired) electrons. The molecule has 0 aliphatic carbocycles. The van der Waals surface area contributed by atoms with Gasteiger partial charge in [-0.25, -0.2) is 13.9 Å². The van der Waals surface area contributed by atoms with E-state index in [9.17, 15) is 9.18 Å². The number of carbonyl (C=O) groups is 1. The summed E-state index contributed by atoms with van der Waals surface area (Å²) in [5.74, 6) is -0.494. The second-order valence-electron chi connectivity index (χ2n) is 7.12. The second-order valence-corrected chi connectivity index (χ2v) is 7.12. The van der Waals surface area contributed by atoms with Gasteiger partial charge in [-0.3, -0.25) is 4.79 Å². The van der Waals surface area contributed by atoms with E-state index in [0.717, 1.165) is 28.1 Å². The van der Waals surface area contributed by atoms with Crippen LogP contribution in [0, 0.1) is 5.82 Å². The van der Waals surface area contributed by atoms with Gasteiger partial charge in [0.1, 0.15) is 5.82 Å². The molecular weight excluding hydrogens is 367 g/mol. The lowest BCUT2D eigenvalue weighted by Gasteiger charge is -2.16. The fourth-order valence-electron chi connectivity index (χ4n) is 3.14. The summed E-state index contributed by atoms with van der Waals surface area (Å²) in [5, 5.41) is 7.34. The molecule has 150 valence electrons. The van der Waals surface area contributed by atoms with E-state index in [2.05, 4.69) is 15.4 Å². The van der Waals surface area contributed by atoms with Crippen LogP contribution in [0.1, 0.15) is 51.4 Å². The third-order valence-electron chi connectivity index (χ3n) is 4.78. The van der Waals surface area contributed by atoms with E-state index in [1.807, 2.05) is 45.9 Å². The van der Waals surface area contributed by atoms with E-state index in [1.54, 1.807) is 29.0 Å². The molecule has 1 atom stereocenters. The molecule has 1 aromatic carbocycles. The number of nitrogens with one attached hydrogen (secondary N) is 1. The Labute approximate surface area is 170 Å². The molecule has 0 aliphatic heterocycles. The number of amides is 1. The Morgan fingerprint density at radius 1 is 1.28 bits per heavy atom. The van der Waals surface area contributed by atoms with Crippen LogP contribution in [0.2, 0.25) is 0 Å². The molecule has 2 heterocycles. The Balaban J connectivity index is 1.90. The number of halogens is 1. The maximum Gasteiger partial charge on any atom is 0.247 e. The lowest BCUT2D eigenvalue weighted by molar-refractivity contribution is -0.118. The van der Waals surface area contributed by atoms with Crippen LogP contribution in [0.4, 0.5) is 4.39 Å². The van der Waals surface area contributed by atoms with Gasteiger partial charge in [0.2, 0.25) is 5.91 Å². The first-order valence-corrected chi connectivity index (χ1v) is 9.64. The number of carbonyl (C=O) groups excluding carboxylic acids is 1. The van der Waals surface area contributed by atoms with Gasteiger partial charge in [-0.05, 0) is 63.1 Å². The van der Waals surface area contributed by atoms with Crippen molar-refractivity contribution in [1.29, 1.82) is 0 Å². The minimum absolute atomic E-state index is 0.176. The Kier molecular flexibility index (Phi) is 6.22. The van der Waals surface area contributed by atoms with Crippen molar-refractivity contribution in [2.75, 3.05) is 0 Å². The predicted molar refractivity (Wildman–Crippen MR) is 113 cm³/mol. The summed E-state index contributed by atoms with van der Waals surface area (Å²) in [6.45, 7) is 7.77. The van der Waals surface area contributed by atoms with Gasteiger partial charge in [-0.1, -0.05) is 24.6 Å². The second kappa shape index (κ2) is 8.82. The Hall–Kier alpha value is -3.28. The van der Waals surface area contributed by atoms with Gasteiger partial charge >= 0.3 is 0 Å². The molecule has 0 spiro atoms. The van der Waals surface area contributed by atoms with Gasteiger partial charge in [0.15, 0.2) is 5.65 Å². The molecule has 0 unspecified atom stereocenters. The summed E-state index contributed by atoms with van der Waals surface area (Å²) in [6, 6.07) is 9.69. The van der Waals surface area contributed by atoms with Crippen molar-refractivity contribution >= 4 is 17.1 Å². The zero-order chi connectivity index (χ0) is 21.0. The van der Waals surface area contributed by atoms with Crippen LogP contribution in [0.15, 0.2) is 66.0 Å². The topological polar surface area (TPSA) is 59.3 Å². The molecule has 1 amide bonds. The molecule has 0 aliphatic rings. The van der Waals surface area contributed by atoms with Crippen molar-refractivity contribution in [2.45, 2.75) is 40.2 Å². The first-order valence-electron chi connectivity index (χ1n) is 9.64. The van der Waals surface area contributed by atoms with Crippen LogP contribution in [-0.4, -0.2) is 20.5 Å². The molecule has 6 heteroatoms. The third kappa shape index (κ3) is 4.59. The van der Waals surface area contributed by atoms with E-state index in [1.165, 1.54) is 12.1 Å². The molecule has 0 bridgehead atoms. The van der Waals surface area contributed by atoms with Gasteiger partial charge in [0, 0.05) is 17.3 Å². The highest BCUT2D eigenvalue weighted by Crippen LogP contribution is 2.24. The quantitative estimate of drug-likeness (QED) is 0.481. The fourth-order valence-corrected chi connectivity index (χ4v) is 3.14. The van der Waals surface area contributed by atoms with Gasteiger partial charge < -0.3 is 5.32 Å². The number of aromatic nitrogens is 3. The zero-order valence-electron chi connectivity index (χ0n) is 17.1. The average molecular weight is 392 g/mol. The standard InChI is InChI=1S/C23H25FN4O/c1-5-17(23(29)27-16(4)18-8-6-9-19(24)12-18)13-20(15(2)3)21-14-25-22-10-7-11-26-28(21)22/h6-14,16H,5H2,1-4H3,(H,27,29)/b17-13+/t16-/m0/s1. The van der Waals surface area contributed by atoms with Gasteiger partial charge in [0.25, 0.3) is 0 Å². The molecular formula is C23H25FN4O. The highest BCUT2D eigenvalue weighted by molar-refractivity contribution is 5.96. The molecule has 0 saturated heterocycles. The van der Waals surface area contributed by atoms with Crippen LogP contribution in [0.25, 0.3) is 11.2 Å². The zero-order valence-corrected chi connectivity index (χ0v) is 17.1. The highest BCUT2D eigenvalue weighted by Gasteiger charge is 2.16. The lowest BCUT2D eigenvalue weighted by atomic mass is 10.0. The van der Waals surface area contributed by atoms with Crippen LogP contribution in [0.5, 0.6) is 0 Å². The first kappa shape index (κ1) is 20.5. The number of allylic oxidation sites excluding steroid dienone is 3.